The van der Waals surface area contributed by atoms with Crippen LogP contribution in [0.15, 0.2) is 59.2 Å². The zero-order chi connectivity index (χ0) is 19.5. The monoisotopic (exact) mass is 412 g/mol. The van der Waals surface area contributed by atoms with Crippen molar-refractivity contribution in [1.82, 2.24) is 4.90 Å². The first kappa shape index (κ1) is 18.8. The van der Waals surface area contributed by atoms with E-state index in [2.05, 4.69) is 4.99 Å². The average molecular weight is 413 g/mol. The molecule has 0 atom stereocenters. The van der Waals surface area contributed by atoms with Crippen molar-refractivity contribution in [2.45, 2.75) is 12.8 Å². The first-order chi connectivity index (χ1) is 13.6. The highest BCUT2D eigenvalue weighted by molar-refractivity contribution is 8.13. The molecule has 1 saturated heterocycles. The van der Waals surface area contributed by atoms with Gasteiger partial charge in [0.05, 0.1) is 10.6 Å². The molecule has 2 heterocycles. The van der Waals surface area contributed by atoms with E-state index in [1.54, 1.807) is 71.3 Å². The number of esters is 1. The number of rotatable bonds is 3. The highest BCUT2D eigenvalue weighted by Crippen LogP contribution is 2.28. The molecule has 2 aliphatic heterocycles. The summed E-state index contributed by atoms with van der Waals surface area (Å²) in [6.07, 6.45) is 3.85. The lowest BCUT2D eigenvalue weighted by Gasteiger charge is -2.13. The number of carbonyl (C=O) groups excluding carboxylic acids is 2. The van der Waals surface area contributed by atoms with Crippen molar-refractivity contribution in [1.29, 1.82) is 0 Å². The summed E-state index contributed by atoms with van der Waals surface area (Å²) in [6.45, 7) is 0.721. The summed E-state index contributed by atoms with van der Waals surface area (Å²) in [6, 6.07) is 13.7. The maximum atomic E-state index is 12.5. The fourth-order valence-electron chi connectivity index (χ4n) is 2.95. The van der Waals surface area contributed by atoms with Crippen LogP contribution in [0, 0.1) is 0 Å². The Morgan fingerprint density at radius 3 is 2.71 bits per heavy atom. The molecule has 2 aromatic carbocycles. The zero-order valence-electron chi connectivity index (χ0n) is 14.9. The quantitative estimate of drug-likeness (QED) is 0.419. The molecule has 0 aliphatic carbocycles. The van der Waals surface area contributed by atoms with Gasteiger partial charge in [-0.15, -0.1) is 0 Å². The lowest BCUT2D eigenvalue weighted by molar-refractivity contribution is -0.122. The third-order valence-corrected chi connectivity index (χ3v) is 5.80. The highest BCUT2D eigenvalue weighted by atomic mass is 35.5. The number of amidine groups is 1. The van der Waals surface area contributed by atoms with Crippen LogP contribution in [0.5, 0.6) is 5.75 Å². The smallest absolute Gasteiger partial charge is 0.345 e. The maximum Gasteiger partial charge on any atom is 0.345 e. The lowest BCUT2D eigenvalue weighted by atomic mass is 10.2. The maximum absolute atomic E-state index is 12.5. The zero-order valence-corrected chi connectivity index (χ0v) is 16.5. The van der Waals surface area contributed by atoms with Crippen molar-refractivity contribution in [2.24, 2.45) is 4.99 Å². The highest BCUT2D eigenvalue weighted by Gasteiger charge is 2.31. The van der Waals surface area contributed by atoms with Crippen LogP contribution in [-0.2, 0) is 4.79 Å². The Bertz CT molecular complexity index is 985. The number of hydrogen-bond acceptors (Lipinski definition) is 5. The standard InChI is InChI=1S/C21H17ClN2O3S/c22-17-6-2-1-5-16(17)20(26)27-15-9-7-14(8-10-15)13-18-19(25)24-11-3-4-12-28-21(24)23-18/h1-2,5-10,13H,3-4,11-12H2/b18-13-. The van der Waals surface area contributed by atoms with E-state index in [1.165, 1.54) is 0 Å². The van der Waals surface area contributed by atoms with Gasteiger partial charge in [0.1, 0.15) is 11.4 Å². The van der Waals surface area contributed by atoms with E-state index >= 15 is 0 Å². The Labute approximate surface area is 172 Å². The van der Waals surface area contributed by atoms with E-state index in [0.29, 0.717) is 22.0 Å². The Kier molecular flexibility index (Phi) is 5.50. The van der Waals surface area contributed by atoms with Crippen molar-refractivity contribution >= 4 is 46.5 Å². The van der Waals surface area contributed by atoms with Crippen LogP contribution in [0.4, 0.5) is 0 Å². The fourth-order valence-corrected chi connectivity index (χ4v) is 4.19. The third kappa shape index (κ3) is 3.98. The molecule has 1 amide bonds. The van der Waals surface area contributed by atoms with Crippen LogP contribution in [0.1, 0.15) is 28.8 Å². The van der Waals surface area contributed by atoms with Crippen LogP contribution in [0.3, 0.4) is 0 Å². The summed E-state index contributed by atoms with van der Waals surface area (Å²) in [4.78, 5) is 31.0. The van der Waals surface area contributed by atoms with E-state index in [0.717, 1.165) is 35.9 Å². The summed E-state index contributed by atoms with van der Waals surface area (Å²) in [5, 5.41) is 1.14. The Hall–Kier alpha value is -2.57. The number of thioether (sulfide) groups is 1. The van der Waals surface area contributed by atoms with Gasteiger partial charge in [-0.1, -0.05) is 47.6 Å². The second-order valence-corrected chi connectivity index (χ2v) is 7.84. The van der Waals surface area contributed by atoms with E-state index < -0.39 is 5.97 Å². The van der Waals surface area contributed by atoms with Gasteiger partial charge in [0.2, 0.25) is 0 Å². The minimum Gasteiger partial charge on any atom is -0.423 e. The van der Waals surface area contributed by atoms with E-state index in [9.17, 15) is 9.59 Å². The molecule has 4 rings (SSSR count). The average Bonchev–Trinajstić information content (AvgIpc) is 2.85. The topological polar surface area (TPSA) is 59.0 Å². The number of amides is 1. The first-order valence-electron chi connectivity index (χ1n) is 8.94. The molecule has 0 bridgehead atoms. The van der Waals surface area contributed by atoms with Crippen LogP contribution < -0.4 is 4.74 Å². The van der Waals surface area contributed by atoms with Crippen molar-refractivity contribution in [3.8, 4) is 5.75 Å². The number of nitrogens with zero attached hydrogens (tertiary/aromatic N) is 2. The van der Waals surface area contributed by atoms with Crippen LogP contribution >= 0.6 is 23.4 Å². The Balaban J connectivity index is 1.48. The lowest BCUT2D eigenvalue weighted by Crippen LogP contribution is -2.30. The summed E-state index contributed by atoms with van der Waals surface area (Å²) in [7, 11) is 0. The molecule has 7 heteroatoms. The number of carbonyl (C=O) groups is 2. The van der Waals surface area contributed by atoms with E-state index in [-0.39, 0.29) is 5.91 Å². The molecule has 0 spiro atoms. The predicted molar refractivity (Wildman–Crippen MR) is 112 cm³/mol. The summed E-state index contributed by atoms with van der Waals surface area (Å²) < 4.78 is 5.37. The number of fused-ring (bicyclic) bond motifs is 1. The number of halogens is 1. The summed E-state index contributed by atoms with van der Waals surface area (Å²) in [5.74, 6) is 0.819. The molecular weight excluding hydrogens is 396 g/mol. The van der Waals surface area contributed by atoms with Gasteiger partial charge in [-0.05, 0) is 48.7 Å². The predicted octanol–water partition coefficient (Wildman–Crippen LogP) is 4.63. The molecule has 0 aromatic heterocycles. The molecule has 0 unspecified atom stereocenters. The molecule has 0 radical (unpaired) electrons. The second-order valence-electron chi connectivity index (χ2n) is 6.37. The van der Waals surface area contributed by atoms with Crippen molar-refractivity contribution in [3.05, 3.63) is 70.4 Å². The first-order valence-corrected chi connectivity index (χ1v) is 10.3. The minimum absolute atomic E-state index is 0.0568. The SMILES string of the molecule is O=C(Oc1ccc(/C=C2\N=C3SCCCCN3C2=O)cc1)c1ccccc1Cl. The summed E-state index contributed by atoms with van der Waals surface area (Å²) >= 11 is 7.65. The Morgan fingerprint density at radius 2 is 1.93 bits per heavy atom. The molecule has 0 saturated carbocycles. The molecule has 28 heavy (non-hydrogen) atoms. The van der Waals surface area contributed by atoms with Gasteiger partial charge in [0, 0.05) is 12.3 Å². The largest absolute Gasteiger partial charge is 0.423 e. The molecule has 142 valence electrons. The number of ether oxygens (including phenoxy) is 1. The van der Waals surface area contributed by atoms with E-state index in [1.807, 2.05) is 0 Å². The molecule has 0 N–H and O–H groups in total. The van der Waals surface area contributed by atoms with Crippen LogP contribution in [0.25, 0.3) is 6.08 Å². The van der Waals surface area contributed by atoms with E-state index in [4.69, 9.17) is 16.3 Å². The number of hydrogen-bond donors (Lipinski definition) is 0. The van der Waals surface area contributed by atoms with Gasteiger partial charge in [-0.3, -0.25) is 9.69 Å². The number of aliphatic imine (C=N–C) groups is 1. The number of benzene rings is 2. The van der Waals surface area contributed by atoms with Gasteiger partial charge >= 0.3 is 5.97 Å². The van der Waals surface area contributed by atoms with Crippen molar-refractivity contribution in [2.75, 3.05) is 12.3 Å². The van der Waals surface area contributed by atoms with Crippen molar-refractivity contribution < 1.29 is 14.3 Å². The molecule has 2 aliphatic rings. The van der Waals surface area contributed by atoms with Crippen LogP contribution in [0.2, 0.25) is 5.02 Å². The van der Waals surface area contributed by atoms with Gasteiger partial charge in [0.15, 0.2) is 5.17 Å². The van der Waals surface area contributed by atoms with Gasteiger partial charge in [-0.25, -0.2) is 9.79 Å². The molecule has 2 aromatic rings. The second kappa shape index (κ2) is 8.20. The molecular formula is C21H17ClN2O3S. The van der Waals surface area contributed by atoms with Gasteiger partial charge in [-0.2, -0.15) is 0 Å². The molecule has 5 nitrogen and oxygen atoms in total. The molecule has 1 fully saturated rings. The van der Waals surface area contributed by atoms with Gasteiger partial charge < -0.3 is 4.74 Å². The third-order valence-electron chi connectivity index (χ3n) is 4.41. The minimum atomic E-state index is -0.515. The summed E-state index contributed by atoms with van der Waals surface area (Å²) in [5.41, 5.74) is 1.56. The Morgan fingerprint density at radius 1 is 1.14 bits per heavy atom. The van der Waals surface area contributed by atoms with Gasteiger partial charge in [0.25, 0.3) is 5.91 Å². The van der Waals surface area contributed by atoms with Crippen LogP contribution in [-0.4, -0.2) is 34.2 Å². The fraction of sp³-hybridized carbons (Fsp3) is 0.190. The van der Waals surface area contributed by atoms with Crippen molar-refractivity contribution in [3.63, 3.8) is 0 Å². The normalized spacial score (nSPS) is 17.9.